The number of rotatable bonds is 2. The zero-order valence-corrected chi connectivity index (χ0v) is 10.4. The van der Waals surface area contributed by atoms with Crippen LogP contribution in [0.5, 0.6) is 0 Å². The summed E-state index contributed by atoms with van der Waals surface area (Å²) in [5.41, 5.74) is 3.62. The third-order valence-corrected chi connectivity index (χ3v) is 4.36. The Labute approximate surface area is 106 Å². The molecule has 1 N–H and O–H groups in total. The Bertz CT molecular complexity index is 565. The second-order valence-electron chi connectivity index (χ2n) is 5.38. The van der Waals surface area contributed by atoms with E-state index in [0.717, 1.165) is 30.7 Å². The average molecular weight is 240 g/mol. The highest BCUT2D eigenvalue weighted by molar-refractivity contribution is 5.69. The molecule has 0 radical (unpaired) electrons. The van der Waals surface area contributed by atoms with E-state index in [1.54, 1.807) is 0 Å². The van der Waals surface area contributed by atoms with E-state index in [1.165, 1.54) is 16.8 Å². The van der Waals surface area contributed by atoms with Crippen molar-refractivity contribution in [2.75, 3.05) is 13.1 Å². The summed E-state index contributed by atoms with van der Waals surface area (Å²) in [6.07, 6.45) is 0. The van der Waals surface area contributed by atoms with Crippen LogP contribution in [0, 0.1) is 18.8 Å². The number of nitrogens with one attached hydrogen (secondary N) is 1. The molecule has 1 aromatic heterocycles. The number of fused-ring (bicyclic) bond motifs is 1. The van der Waals surface area contributed by atoms with Gasteiger partial charge in [-0.3, -0.25) is 0 Å². The topological polar surface area (TPSA) is 38.1 Å². The van der Waals surface area contributed by atoms with Crippen LogP contribution in [0.4, 0.5) is 0 Å². The van der Waals surface area contributed by atoms with E-state index >= 15 is 0 Å². The third-order valence-electron chi connectivity index (χ3n) is 4.36. The largest absolute Gasteiger partial charge is 0.361 e. The fraction of sp³-hybridized carbons (Fsp3) is 0.400. The molecule has 0 spiro atoms. The van der Waals surface area contributed by atoms with Crippen molar-refractivity contribution < 1.29 is 4.52 Å². The van der Waals surface area contributed by atoms with Crippen molar-refractivity contribution in [3.63, 3.8) is 0 Å². The highest BCUT2D eigenvalue weighted by Crippen LogP contribution is 2.57. The fourth-order valence-electron chi connectivity index (χ4n) is 3.40. The third kappa shape index (κ3) is 1.37. The standard InChI is InChI=1S/C15H16N2O/c1-9-13(10-5-3-2-4-6-10)15(17-18-9)14-11-7-16-8-12(11)14/h2-6,11-12,14,16H,7-8H2,1H3. The van der Waals surface area contributed by atoms with Gasteiger partial charge >= 0.3 is 0 Å². The van der Waals surface area contributed by atoms with Crippen molar-refractivity contribution >= 4 is 0 Å². The summed E-state index contributed by atoms with van der Waals surface area (Å²) in [4.78, 5) is 0. The van der Waals surface area contributed by atoms with Crippen LogP contribution >= 0.6 is 0 Å². The number of nitrogens with zero attached hydrogens (tertiary/aromatic N) is 1. The molecule has 1 saturated heterocycles. The molecule has 2 fully saturated rings. The van der Waals surface area contributed by atoms with E-state index < -0.39 is 0 Å². The van der Waals surface area contributed by atoms with Crippen LogP contribution in [-0.2, 0) is 0 Å². The summed E-state index contributed by atoms with van der Waals surface area (Å²) in [7, 11) is 0. The van der Waals surface area contributed by atoms with Crippen molar-refractivity contribution in [3.05, 3.63) is 41.8 Å². The lowest BCUT2D eigenvalue weighted by Crippen LogP contribution is -2.14. The Morgan fingerprint density at radius 2 is 1.89 bits per heavy atom. The van der Waals surface area contributed by atoms with Gasteiger partial charge in [-0.1, -0.05) is 35.5 Å². The van der Waals surface area contributed by atoms with Crippen molar-refractivity contribution in [2.24, 2.45) is 11.8 Å². The molecule has 1 aromatic carbocycles. The van der Waals surface area contributed by atoms with Gasteiger partial charge in [0.2, 0.25) is 0 Å². The second kappa shape index (κ2) is 3.69. The molecule has 0 amide bonds. The number of aromatic nitrogens is 1. The van der Waals surface area contributed by atoms with Crippen LogP contribution in [-0.4, -0.2) is 18.2 Å². The Balaban J connectivity index is 1.77. The lowest BCUT2D eigenvalue weighted by molar-refractivity contribution is 0.388. The molecule has 2 heterocycles. The van der Waals surface area contributed by atoms with E-state index in [2.05, 4.69) is 34.7 Å². The molecule has 2 atom stereocenters. The van der Waals surface area contributed by atoms with E-state index in [1.807, 2.05) is 13.0 Å². The Kier molecular flexibility index (Phi) is 2.12. The van der Waals surface area contributed by atoms with E-state index in [-0.39, 0.29) is 0 Å². The van der Waals surface area contributed by atoms with Crippen LogP contribution in [0.2, 0.25) is 0 Å². The minimum Gasteiger partial charge on any atom is -0.361 e. The SMILES string of the molecule is Cc1onc(C2C3CNCC32)c1-c1ccccc1. The number of hydrogen-bond acceptors (Lipinski definition) is 3. The van der Waals surface area contributed by atoms with Crippen molar-refractivity contribution in [3.8, 4) is 11.1 Å². The molecule has 0 bridgehead atoms. The average Bonchev–Trinajstić information content (AvgIpc) is 2.79. The first-order valence-corrected chi connectivity index (χ1v) is 6.58. The summed E-state index contributed by atoms with van der Waals surface area (Å²) in [6, 6.07) is 10.5. The summed E-state index contributed by atoms with van der Waals surface area (Å²) < 4.78 is 5.45. The molecule has 18 heavy (non-hydrogen) atoms. The smallest absolute Gasteiger partial charge is 0.141 e. The normalized spacial score (nSPS) is 29.3. The molecule has 3 nitrogen and oxygen atoms in total. The monoisotopic (exact) mass is 240 g/mol. The summed E-state index contributed by atoms with van der Waals surface area (Å²) in [5.74, 6) is 3.10. The van der Waals surface area contributed by atoms with Gasteiger partial charge in [0.15, 0.2) is 0 Å². The molecule has 4 rings (SSSR count). The molecule has 2 aromatic rings. The molecule has 2 unspecified atom stereocenters. The summed E-state index contributed by atoms with van der Waals surface area (Å²) in [5, 5.41) is 7.76. The van der Waals surface area contributed by atoms with Gasteiger partial charge in [-0.05, 0) is 37.4 Å². The van der Waals surface area contributed by atoms with Gasteiger partial charge in [0, 0.05) is 11.5 Å². The zero-order valence-electron chi connectivity index (χ0n) is 10.4. The van der Waals surface area contributed by atoms with Gasteiger partial charge in [0.25, 0.3) is 0 Å². The first-order chi connectivity index (χ1) is 8.86. The molecule has 1 aliphatic heterocycles. The Hall–Kier alpha value is -1.61. The molecule has 1 saturated carbocycles. The molecular weight excluding hydrogens is 224 g/mol. The van der Waals surface area contributed by atoms with Crippen LogP contribution < -0.4 is 5.32 Å². The number of aryl methyl sites for hydroxylation is 1. The quantitative estimate of drug-likeness (QED) is 0.876. The predicted molar refractivity (Wildman–Crippen MR) is 69.3 cm³/mol. The zero-order chi connectivity index (χ0) is 12.1. The fourth-order valence-corrected chi connectivity index (χ4v) is 3.40. The molecule has 2 aliphatic rings. The molecule has 92 valence electrons. The second-order valence-corrected chi connectivity index (χ2v) is 5.38. The first kappa shape index (κ1) is 10.3. The summed E-state index contributed by atoms with van der Waals surface area (Å²) in [6.45, 7) is 4.28. The van der Waals surface area contributed by atoms with Gasteiger partial charge in [-0.2, -0.15) is 0 Å². The van der Waals surface area contributed by atoms with Crippen LogP contribution in [0.3, 0.4) is 0 Å². The van der Waals surface area contributed by atoms with Gasteiger partial charge in [-0.25, -0.2) is 0 Å². The molecular formula is C15H16N2O. The lowest BCUT2D eigenvalue weighted by Gasteiger charge is -2.05. The van der Waals surface area contributed by atoms with Gasteiger partial charge in [0.05, 0.1) is 5.69 Å². The van der Waals surface area contributed by atoms with Gasteiger partial charge < -0.3 is 9.84 Å². The van der Waals surface area contributed by atoms with E-state index in [9.17, 15) is 0 Å². The van der Waals surface area contributed by atoms with Gasteiger partial charge in [-0.15, -0.1) is 0 Å². The van der Waals surface area contributed by atoms with Crippen LogP contribution in [0.15, 0.2) is 34.9 Å². The van der Waals surface area contributed by atoms with Crippen LogP contribution in [0.1, 0.15) is 17.4 Å². The first-order valence-electron chi connectivity index (χ1n) is 6.58. The number of hydrogen-bond donors (Lipinski definition) is 1. The predicted octanol–water partition coefficient (Wildman–Crippen LogP) is 2.58. The molecule has 3 heteroatoms. The number of benzene rings is 1. The summed E-state index contributed by atoms with van der Waals surface area (Å²) >= 11 is 0. The maximum atomic E-state index is 5.45. The Morgan fingerprint density at radius 1 is 1.17 bits per heavy atom. The molecule has 1 aliphatic carbocycles. The highest BCUT2D eigenvalue weighted by Gasteiger charge is 2.55. The van der Waals surface area contributed by atoms with E-state index in [4.69, 9.17) is 4.52 Å². The van der Waals surface area contributed by atoms with Crippen LogP contribution in [0.25, 0.3) is 11.1 Å². The maximum Gasteiger partial charge on any atom is 0.141 e. The van der Waals surface area contributed by atoms with Crippen molar-refractivity contribution in [1.29, 1.82) is 0 Å². The lowest BCUT2D eigenvalue weighted by atomic mass is 10.00. The number of piperidine rings is 1. The Morgan fingerprint density at radius 3 is 2.61 bits per heavy atom. The van der Waals surface area contributed by atoms with E-state index in [0.29, 0.717) is 5.92 Å². The van der Waals surface area contributed by atoms with Crippen molar-refractivity contribution in [1.82, 2.24) is 10.5 Å². The minimum atomic E-state index is 0.610. The van der Waals surface area contributed by atoms with Crippen molar-refractivity contribution in [2.45, 2.75) is 12.8 Å². The van der Waals surface area contributed by atoms with Gasteiger partial charge in [0.1, 0.15) is 5.76 Å². The maximum absolute atomic E-state index is 5.45. The minimum absolute atomic E-state index is 0.610. The highest BCUT2D eigenvalue weighted by atomic mass is 16.5.